The van der Waals surface area contributed by atoms with Crippen LogP contribution in [0.5, 0.6) is 0 Å². The fourth-order valence-electron chi connectivity index (χ4n) is 2.26. The standard InChI is InChI=1S/C18H20ClFN2O4/c1-10(2)7-8-21-14(23)9-25-18(24)15-11(3)26-22-17(15)16-12(19)5-4-6-13(16)20/h4-6,10H,7-9H2,1-3H3,(H,21,23). The largest absolute Gasteiger partial charge is 0.452 e. The molecule has 26 heavy (non-hydrogen) atoms. The van der Waals surface area contributed by atoms with Crippen LogP contribution in [0, 0.1) is 18.7 Å². The van der Waals surface area contributed by atoms with Crippen LogP contribution in [0.25, 0.3) is 11.3 Å². The Hall–Kier alpha value is -2.41. The van der Waals surface area contributed by atoms with E-state index in [0.717, 1.165) is 6.42 Å². The van der Waals surface area contributed by atoms with Crippen LogP contribution < -0.4 is 5.32 Å². The summed E-state index contributed by atoms with van der Waals surface area (Å²) >= 11 is 6.02. The van der Waals surface area contributed by atoms with Gasteiger partial charge in [0.2, 0.25) is 0 Å². The van der Waals surface area contributed by atoms with Gasteiger partial charge in [-0.3, -0.25) is 4.79 Å². The molecule has 2 rings (SSSR count). The molecule has 6 nitrogen and oxygen atoms in total. The molecule has 8 heteroatoms. The fraction of sp³-hybridized carbons (Fsp3) is 0.389. The number of benzene rings is 1. The Kier molecular flexibility index (Phi) is 6.74. The molecule has 0 saturated carbocycles. The highest BCUT2D eigenvalue weighted by molar-refractivity contribution is 6.33. The van der Waals surface area contributed by atoms with Gasteiger partial charge in [-0.05, 0) is 31.4 Å². The van der Waals surface area contributed by atoms with Gasteiger partial charge in [0.1, 0.15) is 22.8 Å². The van der Waals surface area contributed by atoms with E-state index in [1.807, 2.05) is 13.8 Å². The summed E-state index contributed by atoms with van der Waals surface area (Å²) in [6, 6.07) is 4.11. The quantitative estimate of drug-likeness (QED) is 0.737. The van der Waals surface area contributed by atoms with E-state index in [1.165, 1.54) is 25.1 Å². The summed E-state index contributed by atoms with van der Waals surface area (Å²) in [4.78, 5) is 24.1. The Morgan fingerprint density at radius 2 is 2.12 bits per heavy atom. The molecule has 2 aromatic rings. The summed E-state index contributed by atoms with van der Waals surface area (Å²) in [7, 11) is 0. The van der Waals surface area contributed by atoms with Crippen LogP contribution in [0.4, 0.5) is 4.39 Å². The SMILES string of the molecule is Cc1onc(-c2c(F)cccc2Cl)c1C(=O)OCC(=O)NCCC(C)C. The number of hydrogen-bond donors (Lipinski definition) is 1. The topological polar surface area (TPSA) is 81.4 Å². The van der Waals surface area contributed by atoms with Crippen LogP contribution in [0.3, 0.4) is 0 Å². The molecule has 0 aliphatic heterocycles. The predicted octanol–water partition coefficient (Wildman–Crippen LogP) is 3.76. The monoisotopic (exact) mass is 382 g/mol. The van der Waals surface area contributed by atoms with Gasteiger partial charge in [0, 0.05) is 6.54 Å². The third-order valence-electron chi connectivity index (χ3n) is 3.64. The number of ether oxygens (including phenoxy) is 1. The summed E-state index contributed by atoms with van der Waals surface area (Å²) < 4.78 is 24.1. The van der Waals surface area contributed by atoms with Crippen molar-refractivity contribution >= 4 is 23.5 Å². The average molecular weight is 383 g/mol. The Bertz CT molecular complexity index is 784. The Balaban J connectivity index is 2.11. The molecule has 0 saturated heterocycles. The zero-order chi connectivity index (χ0) is 19.3. The van der Waals surface area contributed by atoms with Gasteiger partial charge < -0.3 is 14.6 Å². The lowest BCUT2D eigenvalue weighted by Gasteiger charge is -2.08. The zero-order valence-electron chi connectivity index (χ0n) is 14.8. The van der Waals surface area contributed by atoms with Crippen LogP contribution in [0.2, 0.25) is 5.02 Å². The lowest BCUT2D eigenvalue weighted by Crippen LogP contribution is -2.30. The molecule has 1 heterocycles. The molecule has 1 aromatic heterocycles. The second-order valence-electron chi connectivity index (χ2n) is 6.17. The minimum absolute atomic E-state index is 0.0562. The van der Waals surface area contributed by atoms with E-state index in [0.29, 0.717) is 12.5 Å². The number of aromatic nitrogens is 1. The van der Waals surface area contributed by atoms with Crippen molar-refractivity contribution in [1.29, 1.82) is 0 Å². The van der Waals surface area contributed by atoms with Crippen molar-refractivity contribution in [1.82, 2.24) is 10.5 Å². The minimum atomic E-state index is -0.836. The zero-order valence-corrected chi connectivity index (χ0v) is 15.5. The number of rotatable bonds is 7. The fourth-order valence-corrected chi connectivity index (χ4v) is 2.51. The highest BCUT2D eigenvalue weighted by atomic mass is 35.5. The van der Waals surface area contributed by atoms with E-state index < -0.39 is 24.3 Å². The minimum Gasteiger partial charge on any atom is -0.452 e. The van der Waals surface area contributed by atoms with Crippen LogP contribution in [0.15, 0.2) is 22.7 Å². The maximum atomic E-state index is 14.1. The lowest BCUT2D eigenvalue weighted by molar-refractivity contribution is -0.124. The molecule has 0 spiro atoms. The molecule has 140 valence electrons. The first-order valence-electron chi connectivity index (χ1n) is 8.15. The number of aryl methyl sites for hydroxylation is 1. The molecule has 0 atom stereocenters. The Labute approximate surface area is 155 Å². The second kappa shape index (κ2) is 8.80. The number of hydrogen-bond acceptors (Lipinski definition) is 5. The number of nitrogens with zero attached hydrogens (tertiary/aromatic N) is 1. The molecule has 0 aliphatic rings. The molecule has 1 amide bonds. The molecular weight excluding hydrogens is 363 g/mol. The molecule has 0 unspecified atom stereocenters. The van der Waals surface area contributed by atoms with Crippen LogP contribution in [0.1, 0.15) is 36.4 Å². The molecule has 0 radical (unpaired) electrons. The van der Waals surface area contributed by atoms with Crippen molar-refractivity contribution in [3.05, 3.63) is 40.4 Å². The van der Waals surface area contributed by atoms with Crippen molar-refractivity contribution in [2.24, 2.45) is 5.92 Å². The van der Waals surface area contributed by atoms with E-state index in [1.54, 1.807) is 0 Å². The maximum Gasteiger partial charge on any atom is 0.344 e. The lowest BCUT2D eigenvalue weighted by atomic mass is 10.1. The number of esters is 1. The van der Waals surface area contributed by atoms with Crippen LogP contribution in [-0.4, -0.2) is 30.2 Å². The predicted molar refractivity (Wildman–Crippen MR) is 94.4 cm³/mol. The third-order valence-corrected chi connectivity index (χ3v) is 3.96. The van der Waals surface area contributed by atoms with Crippen molar-refractivity contribution in [3.63, 3.8) is 0 Å². The first-order valence-corrected chi connectivity index (χ1v) is 8.53. The van der Waals surface area contributed by atoms with Crippen molar-refractivity contribution in [3.8, 4) is 11.3 Å². The number of halogens is 2. The van der Waals surface area contributed by atoms with E-state index >= 15 is 0 Å². The number of carbonyl (C=O) groups is 2. The van der Waals surface area contributed by atoms with Crippen molar-refractivity contribution < 1.29 is 23.2 Å². The number of nitrogens with one attached hydrogen (secondary N) is 1. The van der Waals surface area contributed by atoms with Crippen molar-refractivity contribution in [2.45, 2.75) is 27.2 Å². The van der Waals surface area contributed by atoms with E-state index in [-0.39, 0.29) is 27.6 Å². The van der Waals surface area contributed by atoms with Gasteiger partial charge in [-0.1, -0.05) is 36.7 Å². The van der Waals surface area contributed by atoms with Gasteiger partial charge in [0.05, 0.1) is 10.6 Å². The molecular formula is C18H20ClFN2O4. The van der Waals surface area contributed by atoms with Gasteiger partial charge in [0.25, 0.3) is 5.91 Å². The van der Waals surface area contributed by atoms with E-state index in [4.69, 9.17) is 20.9 Å². The van der Waals surface area contributed by atoms with Crippen LogP contribution >= 0.6 is 11.6 Å². The van der Waals surface area contributed by atoms with E-state index in [9.17, 15) is 14.0 Å². The number of carbonyl (C=O) groups excluding carboxylic acids is 2. The molecule has 0 bridgehead atoms. The Morgan fingerprint density at radius 1 is 1.38 bits per heavy atom. The second-order valence-corrected chi connectivity index (χ2v) is 6.57. The van der Waals surface area contributed by atoms with Gasteiger partial charge >= 0.3 is 5.97 Å². The molecule has 0 aliphatic carbocycles. The smallest absolute Gasteiger partial charge is 0.344 e. The van der Waals surface area contributed by atoms with Gasteiger partial charge in [-0.25, -0.2) is 9.18 Å². The maximum absolute atomic E-state index is 14.1. The van der Waals surface area contributed by atoms with Crippen molar-refractivity contribution in [2.75, 3.05) is 13.2 Å². The normalized spacial score (nSPS) is 10.8. The highest BCUT2D eigenvalue weighted by Gasteiger charge is 2.26. The highest BCUT2D eigenvalue weighted by Crippen LogP contribution is 2.33. The van der Waals surface area contributed by atoms with E-state index in [2.05, 4.69) is 10.5 Å². The summed E-state index contributed by atoms with van der Waals surface area (Å²) in [5, 5.41) is 6.46. The third kappa shape index (κ3) is 4.82. The summed E-state index contributed by atoms with van der Waals surface area (Å²) in [5.74, 6) is -1.31. The first kappa shape index (κ1) is 19.9. The first-order chi connectivity index (χ1) is 12.3. The molecule has 0 fully saturated rings. The Morgan fingerprint density at radius 3 is 2.77 bits per heavy atom. The number of amides is 1. The van der Waals surface area contributed by atoms with Gasteiger partial charge in [-0.15, -0.1) is 0 Å². The average Bonchev–Trinajstić information content (AvgIpc) is 2.93. The van der Waals surface area contributed by atoms with Gasteiger partial charge in [0.15, 0.2) is 6.61 Å². The summed E-state index contributed by atoms with van der Waals surface area (Å²) in [6.07, 6.45) is 0.820. The summed E-state index contributed by atoms with van der Waals surface area (Å²) in [6.45, 7) is 5.61. The molecule has 1 N–H and O–H groups in total. The summed E-state index contributed by atoms with van der Waals surface area (Å²) in [5.41, 5.74) is -0.179. The molecule has 1 aromatic carbocycles. The van der Waals surface area contributed by atoms with Gasteiger partial charge in [-0.2, -0.15) is 0 Å². The van der Waals surface area contributed by atoms with Crippen LogP contribution in [-0.2, 0) is 9.53 Å².